The molecule has 1 saturated carbocycles. The Bertz CT molecular complexity index is 718. The molecule has 1 aromatic rings. The lowest BCUT2D eigenvalue weighted by molar-refractivity contribution is -0.134. The predicted octanol–water partition coefficient (Wildman–Crippen LogP) is 2.02. The van der Waals surface area contributed by atoms with E-state index in [1.165, 1.54) is 0 Å². The number of nitrogens with zero attached hydrogens (tertiary/aromatic N) is 2. The number of carbonyl (C=O) groups is 2. The average Bonchev–Trinajstić information content (AvgIpc) is 2.80. The quantitative estimate of drug-likeness (QED) is 0.831. The fourth-order valence-corrected chi connectivity index (χ4v) is 3.60. The molecule has 6 heteroatoms. The molecule has 1 atom stereocenters. The number of amides is 3. The second-order valence-electron chi connectivity index (χ2n) is 6.92. The van der Waals surface area contributed by atoms with E-state index in [0.29, 0.717) is 24.0 Å². The lowest BCUT2D eigenvalue weighted by Gasteiger charge is -2.34. The first-order valence-electron chi connectivity index (χ1n) is 8.25. The minimum absolute atomic E-state index is 0.0190. The van der Waals surface area contributed by atoms with Crippen molar-refractivity contribution >= 4 is 11.9 Å². The molecule has 1 heterocycles. The van der Waals surface area contributed by atoms with Gasteiger partial charge in [0.15, 0.2) is 0 Å². The summed E-state index contributed by atoms with van der Waals surface area (Å²) in [7, 11) is 0. The van der Waals surface area contributed by atoms with E-state index in [4.69, 9.17) is 5.26 Å². The van der Waals surface area contributed by atoms with Crippen molar-refractivity contribution in [3.05, 3.63) is 35.4 Å². The number of benzene rings is 1. The van der Waals surface area contributed by atoms with Gasteiger partial charge in [-0.05, 0) is 37.5 Å². The van der Waals surface area contributed by atoms with E-state index in [-0.39, 0.29) is 12.5 Å². The van der Waals surface area contributed by atoms with Gasteiger partial charge in [-0.25, -0.2) is 4.79 Å². The van der Waals surface area contributed by atoms with Crippen LogP contribution in [0.4, 0.5) is 4.79 Å². The van der Waals surface area contributed by atoms with E-state index in [1.54, 1.807) is 31.2 Å². The Morgan fingerprint density at radius 3 is 2.67 bits per heavy atom. The minimum Gasteiger partial charge on any atom is -0.388 e. The van der Waals surface area contributed by atoms with Gasteiger partial charge in [-0.15, -0.1) is 0 Å². The van der Waals surface area contributed by atoms with Crippen LogP contribution < -0.4 is 5.32 Å². The highest BCUT2D eigenvalue weighted by Crippen LogP contribution is 2.34. The minimum atomic E-state index is -1.21. The van der Waals surface area contributed by atoms with Gasteiger partial charge >= 0.3 is 6.03 Å². The topological polar surface area (TPSA) is 93.4 Å². The zero-order chi connectivity index (χ0) is 17.4. The van der Waals surface area contributed by atoms with Crippen LogP contribution >= 0.6 is 0 Å². The van der Waals surface area contributed by atoms with Crippen LogP contribution in [0.25, 0.3) is 0 Å². The van der Waals surface area contributed by atoms with Gasteiger partial charge in [0, 0.05) is 0 Å². The van der Waals surface area contributed by atoms with Gasteiger partial charge in [0.25, 0.3) is 5.91 Å². The summed E-state index contributed by atoms with van der Waals surface area (Å²) in [6.07, 6.45) is 4.08. The monoisotopic (exact) mass is 327 g/mol. The maximum Gasteiger partial charge on any atom is 0.325 e. The lowest BCUT2D eigenvalue weighted by atomic mass is 9.84. The summed E-state index contributed by atoms with van der Waals surface area (Å²) in [6.45, 7) is 1.65. The molecule has 3 amide bonds. The molecule has 3 rings (SSSR count). The van der Waals surface area contributed by atoms with E-state index in [9.17, 15) is 14.7 Å². The van der Waals surface area contributed by atoms with Gasteiger partial charge in [-0.1, -0.05) is 31.4 Å². The number of hydrogen-bond acceptors (Lipinski definition) is 4. The van der Waals surface area contributed by atoms with Crippen molar-refractivity contribution in [2.45, 2.75) is 50.2 Å². The summed E-state index contributed by atoms with van der Waals surface area (Å²) in [4.78, 5) is 26.4. The van der Waals surface area contributed by atoms with Crippen molar-refractivity contribution < 1.29 is 14.7 Å². The first-order chi connectivity index (χ1) is 11.4. The second kappa shape index (κ2) is 5.91. The molecule has 1 aromatic carbocycles. The van der Waals surface area contributed by atoms with Gasteiger partial charge < -0.3 is 10.4 Å². The summed E-state index contributed by atoms with van der Waals surface area (Å²) < 4.78 is 0. The van der Waals surface area contributed by atoms with Crippen LogP contribution in [-0.4, -0.2) is 34.1 Å². The van der Waals surface area contributed by atoms with Crippen LogP contribution in [-0.2, 0) is 10.3 Å². The van der Waals surface area contributed by atoms with Crippen LogP contribution in [0.3, 0.4) is 0 Å². The standard InChI is InChI=1S/C18H21N3O3/c1-17(14-7-5-6-13(10-14)11-19)15(22)21(16(23)20-17)12-18(24)8-3-2-4-9-18/h5-7,10,24H,2-4,8-9,12H2,1H3,(H,20,23)/t17-/m1/s1. The van der Waals surface area contributed by atoms with Gasteiger partial charge in [0.1, 0.15) is 5.54 Å². The Morgan fingerprint density at radius 2 is 2.00 bits per heavy atom. The maximum atomic E-state index is 12.9. The number of aliphatic hydroxyl groups is 1. The molecule has 1 aliphatic carbocycles. The number of nitriles is 1. The van der Waals surface area contributed by atoms with Crippen LogP contribution in [0.2, 0.25) is 0 Å². The summed E-state index contributed by atoms with van der Waals surface area (Å²) in [5.41, 5.74) is -1.21. The largest absolute Gasteiger partial charge is 0.388 e. The molecule has 0 spiro atoms. The third-order valence-electron chi connectivity index (χ3n) is 5.08. The number of β-amino-alcohol motifs (C(OH)–C–C–N with tert-alkyl or cyclic N) is 1. The zero-order valence-corrected chi connectivity index (χ0v) is 13.7. The first-order valence-corrected chi connectivity index (χ1v) is 8.25. The van der Waals surface area contributed by atoms with Gasteiger partial charge in [-0.3, -0.25) is 9.69 Å². The molecule has 0 radical (unpaired) electrons. The van der Waals surface area contributed by atoms with Gasteiger partial charge in [-0.2, -0.15) is 5.26 Å². The highest BCUT2D eigenvalue weighted by molar-refractivity contribution is 6.07. The fourth-order valence-electron chi connectivity index (χ4n) is 3.60. The molecular weight excluding hydrogens is 306 g/mol. The molecular formula is C18H21N3O3. The van der Waals surface area contributed by atoms with Gasteiger partial charge in [0.2, 0.25) is 0 Å². The molecule has 126 valence electrons. The molecule has 2 aliphatic rings. The normalized spacial score (nSPS) is 26.1. The molecule has 24 heavy (non-hydrogen) atoms. The SMILES string of the molecule is C[C@]1(c2cccc(C#N)c2)NC(=O)N(CC2(O)CCCCC2)C1=O. The van der Waals surface area contributed by atoms with E-state index < -0.39 is 17.2 Å². The Kier molecular flexibility index (Phi) is 4.06. The molecule has 0 bridgehead atoms. The Morgan fingerprint density at radius 1 is 1.29 bits per heavy atom. The van der Waals surface area contributed by atoms with Crippen molar-refractivity contribution in [1.82, 2.24) is 10.2 Å². The molecule has 0 unspecified atom stereocenters. The predicted molar refractivity (Wildman–Crippen MR) is 86.8 cm³/mol. The van der Waals surface area contributed by atoms with Crippen molar-refractivity contribution in [3.63, 3.8) is 0 Å². The van der Waals surface area contributed by atoms with E-state index in [0.717, 1.165) is 24.2 Å². The molecule has 6 nitrogen and oxygen atoms in total. The van der Waals surface area contributed by atoms with Gasteiger partial charge in [0.05, 0.1) is 23.8 Å². The highest BCUT2D eigenvalue weighted by atomic mass is 16.3. The summed E-state index contributed by atoms with van der Waals surface area (Å²) in [5.74, 6) is -0.387. The molecule has 0 aromatic heterocycles. The second-order valence-corrected chi connectivity index (χ2v) is 6.92. The van der Waals surface area contributed by atoms with Crippen molar-refractivity contribution in [2.75, 3.05) is 6.54 Å². The molecule has 2 fully saturated rings. The summed E-state index contributed by atoms with van der Waals surface area (Å²) in [5, 5.41) is 22.4. The smallest absolute Gasteiger partial charge is 0.325 e. The van der Waals surface area contributed by atoms with Crippen LogP contribution in [0, 0.1) is 11.3 Å². The molecule has 2 N–H and O–H groups in total. The lowest BCUT2D eigenvalue weighted by Crippen LogP contribution is -2.48. The summed E-state index contributed by atoms with van der Waals surface area (Å²) in [6, 6.07) is 8.21. The first kappa shape index (κ1) is 16.5. The highest BCUT2D eigenvalue weighted by Gasteiger charge is 2.51. The fraction of sp³-hybridized carbons (Fsp3) is 0.500. The van der Waals surface area contributed by atoms with Crippen molar-refractivity contribution in [2.24, 2.45) is 0 Å². The number of nitrogens with one attached hydrogen (secondary N) is 1. The number of carbonyl (C=O) groups excluding carboxylic acids is 2. The maximum absolute atomic E-state index is 12.9. The number of rotatable bonds is 3. The third-order valence-corrected chi connectivity index (χ3v) is 5.08. The molecule has 1 saturated heterocycles. The zero-order valence-electron chi connectivity index (χ0n) is 13.7. The molecule has 1 aliphatic heterocycles. The van der Waals surface area contributed by atoms with E-state index in [1.807, 2.05) is 6.07 Å². The van der Waals surface area contributed by atoms with Crippen molar-refractivity contribution in [1.29, 1.82) is 5.26 Å². The van der Waals surface area contributed by atoms with E-state index >= 15 is 0 Å². The number of imide groups is 1. The van der Waals surface area contributed by atoms with Crippen LogP contribution in [0.1, 0.15) is 50.2 Å². The number of urea groups is 1. The number of hydrogen-bond donors (Lipinski definition) is 2. The Balaban J connectivity index is 1.86. The van der Waals surface area contributed by atoms with E-state index in [2.05, 4.69) is 5.32 Å². The van der Waals surface area contributed by atoms with Crippen molar-refractivity contribution in [3.8, 4) is 6.07 Å². The van der Waals surface area contributed by atoms with Crippen LogP contribution in [0.15, 0.2) is 24.3 Å². The average molecular weight is 327 g/mol. The Hall–Kier alpha value is -2.39. The Labute approximate surface area is 141 Å². The summed E-state index contributed by atoms with van der Waals surface area (Å²) >= 11 is 0. The van der Waals surface area contributed by atoms with Crippen LogP contribution in [0.5, 0.6) is 0 Å². The third kappa shape index (κ3) is 2.76.